The summed E-state index contributed by atoms with van der Waals surface area (Å²) in [5, 5.41) is 11.7. The minimum Gasteiger partial charge on any atom is -0.478 e. The number of pyridine rings is 1. The predicted octanol–water partition coefficient (Wildman–Crippen LogP) is 2.27. The van der Waals surface area contributed by atoms with E-state index in [1.54, 1.807) is 30.5 Å². The second kappa shape index (κ2) is 5.97. The van der Waals surface area contributed by atoms with Gasteiger partial charge in [0.25, 0.3) is 0 Å². The molecule has 20 heavy (non-hydrogen) atoms. The third kappa shape index (κ3) is 3.20. The molecular weight excluding hydrogens is 256 g/mol. The number of aromatic carboxylic acids is 1. The quantitative estimate of drug-likeness (QED) is 0.893. The van der Waals surface area contributed by atoms with Gasteiger partial charge in [0.15, 0.2) is 0 Å². The fourth-order valence-electron chi connectivity index (χ4n) is 1.83. The molecule has 1 aromatic heterocycles. The number of carboxylic acid groups (broad SMARTS) is 1. The maximum atomic E-state index is 12.0. The van der Waals surface area contributed by atoms with Crippen molar-refractivity contribution in [1.82, 2.24) is 4.98 Å². The van der Waals surface area contributed by atoms with E-state index < -0.39 is 5.97 Å². The number of hydrogen-bond acceptors (Lipinski definition) is 3. The fraction of sp³-hybridized carbons (Fsp3) is 0.133. The maximum Gasteiger partial charge on any atom is 0.337 e. The SMILES string of the molecule is Cc1cccnc1CC(=O)Nc1ccccc1C(=O)O. The van der Waals surface area contributed by atoms with E-state index in [1.807, 2.05) is 13.0 Å². The Morgan fingerprint density at radius 3 is 2.65 bits per heavy atom. The molecule has 0 aliphatic heterocycles. The average Bonchev–Trinajstić information content (AvgIpc) is 2.41. The second-order valence-corrected chi connectivity index (χ2v) is 4.34. The number of amides is 1. The normalized spacial score (nSPS) is 10.1. The number of nitrogens with zero attached hydrogens (tertiary/aromatic N) is 1. The Labute approximate surface area is 116 Å². The summed E-state index contributed by atoms with van der Waals surface area (Å²) in [6, 6.07) is 9.98. The number of para-hydroxylation sites is 1. The highest BCUT2D eigenvalue weighted by atomic mass is 16.4. The van der Waals surface area contributed by atoms with Gasteiger partial charge >= 0.3 is 5.97 Å². The molecule has 5 nitrogen and oxygen atoms in total. The maximum absolute atomic E-state index is 12.0. The monoisotopic (exact) mass is 270 g/mol. The van der Waals surface area contributed by atoms with Crippen molar-refractivity contribution in [3.05, 3.63) is 59.4 Å². The summed E-state index contributed by atoms with van der Waals surface area (Å²) < 4.78 is 0. The molecule has 102 valence electrons. The zero-order valence-electron chi connectivity index (χ0n) is 11.0. The van der Waals surface area contributed by atoms with Crippen LogP contribution in [0.2, 0.25) is 0 Å². The number of benzene rings is 1. The lowest BCUT2D eigenvalue weighted by atomic mass is 10.1. The van der Waals surface area contributed by atoms with Gasteiger partial charge in [-0.05, 0) is 30.7 Å². The van der Waals surface area contributed by atoms with E-state index in [0.717, 1.165) is 5.56 Å². The summed E-state index contributed by atoms with van der Waals surface area (Å²) in [6.45, 7) is 1.88. The highest BCUT2D eigenvalue weighted by Gasteiger charge is 2.12. The Morgan fingerprint density at radius 2 is 1.95 bits per heavy atom. The Kier molecular flexibility index (Phi) is 4.10. The van der Waals surface area contributed by atoms with Crippen molar-refractivity contribution >= 4 is 17.6 Å². The van der Waals surface area contributed by atoms with Gasteiger partial charge in [0.1, 0.15) is 0 Å². The number of carbonyl (C=O) groups is 2. The molecule has 0 spiro atoms. The first-order valence-corrected chi connectivity index (χ1v) is 6.10. The van der Waals surface area contributed by atoms with Gasteiger partial charge in [0.05, 0.1) is 23.4 Å². The van der Waals surface area contributed by atoms with Crippen LogP contribution in [0.15, 0.2) is 42.6 Å². The van der Waals surface area contributed by atoms with Gasteiger partial charge < -0.3 is 10.4 Å². The van der Waals surface area contributed by atoms with Crippen molar-refractivity contribution in [2.24, 2.45) is 0 Å². The van der Waals surface area contributed by atoms with Crippen molar-refractivity contribution in [2.45, 2.75) is 13.3 Å². The number of aromatic nitrogens is 1. The van der Waals surface area contributed by atoms with E-state index >= 15 is 0 Å². The zero-order chi connectivity index (χ0) is 14.5. The van der Waals surface area contributed by atoms with E-state index in [2.05, 4.69) is 10.3 Å². The van der Waals surface area contributed by atoms with Crippen LogP contribution >= 0.6 is 0 Å². The molecule has 5 heteroatoms. The topological polar surface area (TPSA) is 79.3 Å². The van der Waals surface area contributed by atoms with E-state index in [9.17, 15) is 9.59 Å². The molecule has 0 saturated heterocycles. The van der Waals surface area contributed by atoms with Gasteiger partial charge in [0.2, 0.25) is 5.91 Å². The number of aryl methyl sites for hydroxylation is 1. The Bertz CT molecular complexity index is 653. The second-order valence-electron chi connectivity index (χ2n) is 4.34. The number of rotatable bonds is 4. The lowest BCUT2D eigenvalue weighted by molar-refractivity contribution is -0.115. The van der Waals surface area contributed by atoms with Crippen LogP contribution < -0.4 is 5.32 Å². The van der Waals surface area contributed by atoms with Gasteiger partial charge in [-0.25, -0.2) is 4.79 Å². The van der Waals surface area contributed by atoms with Gasteiger partial charge in [-0.3, -0.25) is 9.78 Å². The summed E-state index contributed by atoms with van der Waals surface area (Å²) in [6.07, 6.45) is 1.74. The number of carbonyl (C=O) groups excluding carboxylic acids is 1. The smallest absolute Gasteiger partial charge is 0.337 e. The minimum absolute atomic E-state index is 0.0681. The fourth-order valence-corrected chi connectivity index (χ4v) is 1.83. The standard InChI is InChI=1S/C15H14N2O3/c1-10-5-4-8-16-13(10)9-14(18)17-12-7-3-2-6-11(12)15(19)20/h2-8H,9H2,1H3,(H,17,18)(H,19,20). The highest BCUT2D eigenvalue weighted by Crippen LogP contribution is 2.15. The summed E-state index contributed by atoms with van der Waals surface area (Å²) in [5.74, 6) is -1.37. The number of nitrogens with one attached hydrogen (secondary N) is 1. The molecule has 0 radical (unpaired) electrons. The Morgan fingerprint density at radius 1 is 1.20 bits per heavy atom. The first kappa shape index (κ1) is 13.7. The molecule has 0 saturated carbocycles. The Balaban J connectivity index is 2.13. The minimum atomic E-state index is -1.07. The largest absolute Gasteiger partial charge is 0.478 e. The van der Waals surface area contributed by atoms with Crippen LogP contribution in [0, 0.1) is 6.92 Å². The third-order valence-electron chi connectivity index (χ3n) is 2.88. The first-order valence-electron chi connectivity index (χ1n) is 6.10. The van der Waals surface area contributed by atoms with Crippen molar-refractivity contribution < 1.29 is 14.7 Å². The van der Waals surface area contributed by atoms with Crippen LogP contribution in [0.4, 0.5) is 5.69 Å². The molecule has 0 unspecified atom stereocenters. The van der Waals surface area contributed by atoms with Crippen LogP contribution in [0.5, 0.6) is 0 Å². The van der Waals surface area contributed by atoms with Crippen molar-refractivity contribution in [2.75, 3.05) is 5.32 Å². The number of carboxylic acids is 1. The van der Waals surface area contributed by atoms with Crippen LogP contribution in [0.25, 0.3) is 0 Å². The molecule has 2 rings (SSSR count). The van der Waals surface area contributed by atoms with Crippen molar-refractivity contribution in [3.8, 4) is 0 Å². The van der Waals surface area contributed by atoms with Gasteiger partial charge in [-0.2, -0.15) is 0 Å². The zero-order valence-corrected chi connectivity index (χ0v) is 11.0. The van der Waals surface area contributed by atoms with E-state index in [0.29, 0.717) is 11.4 Å². The Hall–Kier alpha value is -2.69. The molecule has 2 aromatic rings. The average molecular weight is 270 g/mol. The number of hydrogen-bond donors (Lipinski definition) is 2. The van der Waals surface area contributed by atoms with Gasteiger partial charge in [-0.1, -0.05) is 18.2 Å². The van der Waals surface area contributed by atoms with Crippen molar-refractivity contribution in [3.63, 3.8) is 0 Å². The molecule has 2 N–H and O–H groups in total. The third-order valence-corrected chi connectivity index (χ3v) is 2.88. The summed E-state index contributed by atoms with van der Waals surface area (Å²) >= 11 is 0. The molecule has 0 bridgehead atoms. The van der Waals surface area contributed by atoms with E-state index in [4.69, 9.17) is 5.11 Å². The summed E-state index contributed by atoms with van der Waals surface area (Å²) in [7, 11) is 0. The van der Waals surface area contributed by atoms with Gasteiger partial charge in [0, 0.05) is 6.20 Å². The lowest BCUT2D eigenvalue weighted by Crippen LogP contribution is -2.17. The van der Waals surface area contributed by atoms with Crippen LogP contribution in [0.3, 0.4) is 0 Å². The van der Waals surface area contributed by atoms with Crippen molar-refractivity contribution in [1.29, 1.82) is 0 Å². The predicted molar refractivity (Wildman–Crippen MR) is 74.7 cm³/mol. The summed E-state index contributed by atoms with van der Waals surface area (Å²) in [5.41, 5.74) is 1.96. The molecule has 1 heterocycles. The first-order chi connectivity index (χ1) is 9.58. The number of anilines is 1. The molecule has 0 fully saturated rings. The molecule has 0 aliphatic carbocycles. The highest BCUT2D eigenvalue weighted by molar-refractivity contribution is 6.00. The molecular formula is C15H14N2O3. The van der Waals surface area contributed by atoms with Crippen LogP contribution in [-0.2, 0) is 11.2 Å². The molecule has 0 aliphatic rings. The van der Waals surface area contributed by atoms with Crippen LogP contribution in [-0.4, -0.2) is 22.0 Å². The molecule has 1 amide bonds. The molecule has 1 aromatic carbocycles. The van der Waals surface area contributed by atoms with Gasteiger partial charge in [-0.15, -0.1) is 0 Å². The molecule has 0 atom stereocenters. The lowest BCUT2D eigenvalue weighted by Gasteiger charge is -2.09. The summed E-state index contributed by atoms with van der Waals surface area (Å²) in [4.78, 5) is 27.2. The van der Waals surface area contributed by atoms with E-state index in [-0.39, 0.29) is 17.9 Å². The van der Waals surface area contributed by atoms with E-state index in [1.165, 1.54) is 6.07 Å². The van der Waals surface area contributed by atoms with Crippen LogP contribution in [0.1, 0.15) is 21.6 Å².